The lowest BCUT2D eigenvalue weighted by Gasteiger charge is -2.31. The molecule has 93 heavy (non-hydrogen) atoms. The molecule has 0 spiro atoms. The molecule has 0 aromatic carbocycles. The van der Waals surface area contributed by atoms with Crippen molar-refractivity contribution >= 4 is 47.8 Å². The summed E-state index contributed by atoms with van der Waals surface area (Å²) in [6.07, 6.45) is 57.5. The van der Waals surface area contributed by atoms with E-state index in [4.69, 9.17) is 39.4 Å². The van der Waals surface area contributed by atoms with Gasteiger partial charge in [-0.1, -0.05) is 311 Å². The lowest BCUT2D eigenvalue weighted by Crippen LogP contribution is -2.44. The van der Waals surface area contributed by atoms with E-state index in [9.17, 15) is 38.4 Å². The third-order valence-electron chi connectivity index (χ3n) is 16.6. The highest BCUT2D eigenvalue weighted by Crippen LogP contribution is 2.24. The molecule has 0 aliphatic rings. The quantitative estimate of drug-likeness (QED) is 0.0251. The van der Waals surface area contributed by atoms with Crippen LogP contribution in [-0.2, 0) is 57.3 Å². The molecule has 0 unspecified atom stereocenters. The van der Waals surface area contributed by atoms with Crippen molar-refractivity contribution in [3.05, 3.63) is 0 Å². The van der Waals surface area contributed by atoms with Crippen molar-refractivity contribution in [2.75, 3.05) is 26.4 Å². The van der Waals surface area contributed by atoms with E-state index in [0.29, 0.717) is 25.7 Å². The van der Waals surface area contributed by atoms with Crippen LogP contribution in [-0.4, -0.2) is 94.6 Å². The van der Waals surface area contributed by atoms with Gasteiger partial charge in [0.2, 0.25) is 0 Å². The molecule has 0 radical (unpaired) electrons. The lowest BCUT2D eigenvalue weighted by molar-refractivity contribution is -0.171. The van der Waals surface area contributed by atoms with Crippen LogP contribution in [0.5, 0.6) is 0 Å². The largest absolute Gasteiger partial charge is 0.481 e. The van der Waals surface area contributed by atoms with Crippen molar-refractivity contribution in [2.24, 2.45) is 5.41 Å². The maximum absolute atomic E-state index is 13.0. The minimum absolute atomic E-state index is 0.184. The molecule has 0 aliphatic carbocycles. The molecule has 0 fully saturated rings. The highest BCUT2D eigenvalue weighted by Gasteiger charge is 2.38. The van der Waals surface area contributed by atoms with Gasteiger partial charge in [0, 0.05) is 51.4 Å². The molecule has 0 saturated carbocycles. The molecule has 0 amide bonds. The second kappa shape index (κ2) is 78.5. The molecule has 16 heteroatoms. The van der Waals surface area contributed by atoms with E-state index in [1.807, 2.05) is 0 Å². The average molecular weight is 1330 g/mol. The second-order valence-electron chi connectivity index (χ2n) is 26.3. The predicted octanol–water partition coefficient (Wildman–Crippen LogP) is 22.2. The fourth-order valence-corrected chi connectivity index (χ4v) is 10.5. The van der Waals surface area contributed by atoms with Crippen LogP contribution in [0.2, 0.25) is 0 Å². The summed E-state index contributed by atoms with van der Waals surface area (Å²) in [7, 11) is 0. The van der Waals surface area contributed by atoms with Crippen molar-refractivity contribution in [3.8, 4) is 0 Å². The van der Waals surface area contributed by atoms with Crippen molar-refractivity contribution in [1.82, 2.24) is 0 Å². The van der Waals surface area contributed by atoms with E-state index in [-0.39, 0.29) is 82.4 Å². The van der Waals surface area contributed by atoms with Crippen LogP contribution in [0.25, 0.3) is 0 Å². The summed E-state index contributed by atoms with van der Waals surface area (Å²) < 4.78 is 23.0. The first-order valence-corrected chi connectivity index (χ1v) is 38.5. The SMILES string of the molecule is CCCCCCCC(=O)OCC(COC(=O)CCCCCCC)(COC(=O)CCCCCCC)COC(=O)CCCCCCCCCCCCCCCCC(=O)O.CCCCCCCCCC(=O)O.CCCCCCCCCC(=O)O.CCCCCCCCCC(=O)O. The summed E-state index contributed by atoms with van der Waals surface area (Å²) in [5.74, 6) is -4.16. The molecule has 0 aliphatic heterocycles. The highest BCUT2D eigenvalue weighted by molar-refractivity contribution is 5.71. The Labute approximate surface area is 568 Å². The van der Waals surface area contributed by atoms with Crippen molar-refractivity contribution in [2.45, 2.75) is 414 Å². The molecule has 550 valence electrons. The van der Waals surface area contributed by atoms with Crippen LogP contribution < -0.4 is 0 Å². The van der Waals surface area contributed by atoms with Gasteiger partial charge in [-0.25, -0.2) is 0 Å². The second-order valence-corrected chi connectivity index (χ2v) is 26.3. The molecule has 0 atom stereocenters. The van der Waals surface area contributed by atoms with Gasteiger partial charge in [0.1, 0.15) is 31.8 Å². The van der Waals surface area contributed by atoms with Crippen molar-refractivity contribution < 1.29 is 77.7 Å². The Morgan fingerprint density at radius 2 is 0.312 bits per heavy atom. The topological polar surface area (TPSA) is 254 Å². The van der Waals surface area contributed by atoms with Crippen LogP contribution in [0.15, 0.2) is 0 Å². The van der Waals surface area contributed by atoms with E-state index in [2.05, 4.69) is 41.5 Å². The number of carbonyl (C=O) groups is 8. The molecule has 0 bridgehead atoms. The van der Waals surface area contributed by atoms with Gasteiger partial charge in [0.15, 0.2) is 0 Å². The normalized spacial score (nSPS) is 10.9. The van der Waals surface area contributed by atoms with Crippen LogP contribution >= 0.6 is 0 Å². The number of aliphatic carboxylic acids is 4. The number of carboxylic acids is 4. The summed E-state index contributed by atoms with van der Waals surface area (Å²) in [5, 5.41) is 33.8. The molecule has 0 aromatic rings. The summed E-state index contributed by atoms with van der Waals surface area (Å²) in [5.41, 5.74) is -1.20. The fraction of sp³-hybridized carbons (Fsp3) is 0.896. The smallest absolute Gasteiger partial charge is 0.305 e. The molecule has 0 rings (SSSR count). The highest BCUT2D eigenvalue weighted by atomic mass is 16.6. The number of ether oxygens (including phenoxy) is 4. The van der Waals surface area contributed by atoms with E-state index in [1.54, 1.807) is 0 Å². The maximum atomic E-state index is 13.0. The zero-order chi connectivity index (χ0) is 69.8. The molecule has 0 saturated heterocycles. The molecule has 16 nitrogen and oxygen atoms in total. The van der Waals surface area contributed by atoms with Crippen molar-refractivity contribution in [1.29, 1.82) is 0 Å². The summed E-state index contributed by atoms with van der Waals surface area (Å²) >= 11 is 0. The zero-order valence-corrected chi connectivity index (χ0v) is 61.0. The zero-order valence-electron chi connectivity index (χ0n) is 61.0. The van der Waals surface area contributed by atoms with Gasteiger partial charge in [0.25, 0.3) is 0 Å². The predicted molar refractivity (Wildman–Crippen MR) is 379 cm³/mol. The molecular weight excluding hydrogens is 1180 g/mol. The van der Waals surface area contributed by atoms with Crippen molar-refractivity contribution in [3.63, 3.8) is 0 Å². The minimum atomic E-state index is -1.20. The van der Waals surface area contributed by atoms with E-state index >= 15 is 0 Å². The number of hydrogen-bond donors (Lipinski definition) is 4. The maximum Gasteiger partial charge on any atom is 0.305 e. The van der Waals surface area contributed by atoms with Crippen LogP contribution in [0.1, 0.15) is 414 Å². The Morgan fingerprint density at radius 1 is 0.194 bits per heavy atom. The van der Waals surface area contributed by atoms with E-state index in [0.717, 1.165) is 173 Å². The third kappa shape index (κ3) is 85.7. The van der Waals surface area contributed by atoms with Gasteiger partial charge in [-0.3, -0.25) is 38.4 Å². The number of esters is 4. The van der Waals surface area contributed by atoms with Gasteiger partial charge >= 0.3 is 47.8 Å². The number of hydrogen-bond acceptors (Lipinski definition) is 12. The Hall–Kier alpha value is -4.24. The molecule has 0 aromatic heterocycles. The Kier molecular flexibility index (Phi) is 80.3. The fourth-order valence-electron chi connectivity index (χ4n) is 10.5. The molecule has 4 N–H and O–H groups in total. The first kappa shape index (κ1) is 95.2. The Morgan fingerprint density at radius 3 is 0.441 bits per heavy atom. The minimum Gasteiger partial charge on any atom is -0.481 e. The number of carboxylic acid groups (broad SMARTS) is 4. The number of rotatable bonds is 67. The van der Waals surface area contributed by atoms with Gasteiger partial charge < -0.3 is 39.4 Å². The first-order valence-electron chi connectivity index (χ1n) is 38.5. The number of carbonyl (C=O) groups excluding carboxylic acids is 4. The summed E-state index contributed by atoms with van der Waals surface area (Å²) in [4.78, 5) is 92.4. The number of unbranched alkanes of at least 4 members (excludes halogenated alkanes) is 43. The van der Waals surface area contributed by atoms with Gasteiger partial charge in [0.05, 0.1) is 0 Å². The van der Waals surface area contributed by atoms with Crippen LogP contribution in [0.4, 0.5) is 0 Å². The van der Waals surface area contributed by atoms with Gasteiger partial charge in [-0.15, -0.1) is 0 Å². The van der Waals surface area contributed by atoms with Gasteiger partial charge in [-0.05, 0) is 51.4 Å². The summed E-state index contributed by atoms with van der Waals surface area (Å²) in [6.45, 7) is 12.3. The van der Waals surface area contributed by atoms with E-state index in [1.165, 1.54) is 141 Å². The van der Waals surface area contributed by atoms with Crippen LogP contribution in [0, 0.1) is 5.41 Å². The Bertz CT molecular complexity index is 1540. The lowest BCUT2D eigenvalue weighted by atomic mass is 9.92. The van der Waals surface area contributed by atoms with Gasteiger partial charge in [-0.2, -0.15) is 0 Å². The standard InChI is InChI=1S/C47H86O10.3C10H20O2/c1-4-7-10-23-29-34-43(50)54-38-47(39-55-44(51)35-30-24-11-8-5-2,40-56-45(52)36-31-25-12-9-6-3)41-57-46(53)37-32-27-22-20-18-16-14-13-15-17-19-21-26-28-33-42(48)49;3*1-2-3-4-5-6-7-8-9-10(11)12/h4-41H2,1-3H3,(H,48,49);3*2-9H2,1H3,(H,11,12). The molecule has 0 heterocycles. The van der Waals surface area contributed by atoms with E-state index < -0.39 is 29.3 Å². The Balaban J connectivity index is -0.000000874. The van der Waals surface area contributed by atoms with Crippen LogP contribution in [0.3, 0.4) is 0 Å². The average Bonchev–Trinajstić information content (AvgIpc) is 1.16. The summed E-state index contributed by atoms with van der Waals surface area (Å²) in [6, 6.07) is 0. The molecular formula is C77H146O16. The first-order chi connectivity index (χ1) is 45.0. The third-order valence-corrected chi connectivity index (χ3v) is 16.6. The monoisotopic (exact) mass is 1330 g/mol.